The number of carbonyl (C=O) groups excluding carboxylic acids is 1. The first-order valence-electron chi connectivity index (χ1n) is 4.96. The summed E-state index contributed by atoms with van der Waals surface area (Å²) in [4.78, 5) is 11.9. The van der Waals surface area contributed by atoms with E-state index in [1.165, 1.54) is 7.05 Å². The smallest absolute Gasteiger partial charge is 0.235 e. The number of para-hydroxylation sites is 1. The summed E-state index contributed by atoms with van der Waals surface area (Å²) in [5.74, 6) is -0.251. The monoisotopic (exact) mass is 240 g/mol. The molecule has 0 bridgehead atoms. The van der Waals surface area contributed by atoms with Gasteiger partial charge in [-0.3, -0.25) is 9.00 Å². The lowest BCUT2D eigenvalue weighted by Crippen LogP contribution is -2.33. The number of nitrogens with two attached hydrogens (primary N) is 1. The van der Waals surface area contributed by atoms with Crippen molar-refractivity contribution in [2.75, 3.05) is 12.8 Å². The Morgan fingerprint density at radius 2 is 2.12 bits per heavy atom. The first kappa shape index (κ1) is 12.7. The van der Waals surface area contributed by atoms with E-state index in [0.29, 0.717) is 10.6 Å². The van der Waals surface area contributed by atoms with Gasteiger partial charge < -0.3 is 11.1 Å². The van der Waals surface area contributed by atoms with Gasteiger partial charge in [-0.05, 0) is 25.5 Å². The zero-order valence-corrected chi connectivity index (χ0v) is 10.4. The van der Waals surface area contributed by atoms with Gasteiger partial charge in [0, 0.05) is 7.05 Å². The van der Waals surface area contributed by atoms with Gasteiger partial charge in [-0.2, -0.15) is 0 Å². The number of hydrogen-bond acceptors (Lipinski definition) is 3. The van der Waals surface area contributed by atoms with Gasteiger partial charge in [0.05, 0.1) is 21.4 Å². The second-order valence-electron chi connectivity index (χ2n) is 3.54. The highest BCUT2D eigenvalue weighted by Gasteiger charge is 2.22. The van der Waals surface area contributed by atoms with Gasteiger partial charge in [-0.15, -0.1) is 0 Å². The molecule has 1 rings (SSSR count). The number of nitrogen functional groups attached to an aromatic ring is 1. The molecular formula is C11H16N2O2S. The molecule has 0 aliphatic carbocycles. The third-order valence-corrected chi connectivity index (χ3v) is 4.08. The average Bonchev–Trinajstić information content (AvgIpc) is 2.29. The molecule has 0 aromatic heterocycles. The fourth-order valence-electron chi connectivity index (χ4n) is 1.32. The minimum Gasteiger partial charge on any atom is -0.398 e. The first-order chi connectivity index (χ1) is 7.49. The van der Waals surface area contributed by atoms with Crippen LogP contribution in [0.3, 0.4) is 0 Å². The molecular weight excluding hydrogens is 224 g/mol. The quantitative estimate of drug-likeness (QED) is 0.768. The van der Waals surface area contributed by atoms with Gasteiger partial charge in [0.15, 0.2) is 0 Å². The third kappa shape index (κ3) is 2.41. The summed E-state index contributed by atoms with van der Waals surface area (Å²) < 4.78 is 12.1. The van der Waals surface area contributed by atoms with Crippen molar-refractivity contribution in [2.45, 2.75) is 24.0 Å². The highest BCUT2D eigenvalue weighted by Crippen LogP contribution is 2.22. The molecule has 0 heterocycles. The van der Waals surface area contributed by atoms with Crippen molar-refractivity contribution in [3.05, 3.63) is 23.8 Å². The Hall–Kier alpha value is -1.36. The lowest BCUT2D eigenvalue weighted by atomic mass is 10.2. The summed E-state index contributed by atoms with van der Waals surface area (Å²) in [6.07, 6.45) is 0. The molecule has 1 amide bonds. The maximum absolute atomic E-state index is 12.1. The average molecular weight is 240 g/mol. The highest BCUT2D eigenvalue weighted by molar-refractivity contribution is 7.86. The van der Waals surface area contributed by atoms with Crippen molar-refractivity contribution < 1.29 is 9.00 Å². The van der Waals surface area contributed by atoms with Crippen LogP contribution in [0.15, 0.2) is 23.1 Å². The molecule has 2 unspecified atom stereocenters. The number of rotatable bonds is 3. The van der Waals surface area contributed by atoms with Crippen LogP contribution in [0.5, 0.6) is 0 Å². The molecule has 0 fully saturated rings. The molecule has 4 nitrogen and oxygen atoms in total. The van der Waals surface area contributed by atoms with E-state index in [-0.39, 0.29) is 5.91 Å². The molecule has 0 aliphatic heterocycles. The van der Waals surface area contributed by atoms with Gasteiger partial charge in [0.25, 0.3) is 0 Å². The Morgan fingerprint density at radius 1 is 1.50 bits per heavy atom. The number of carbonyl (C=O) groups is 1. The molecule has 2 atom stereocenters. The van der Waals surface area contributed by atoms with Crippen LogP contribution in [0.1, 0.15) is 12.5 Å². The molecule has 16 heavy (non-hydrogen) atoms. The summed E-state index contributed by atoms with van der Waals surface area (Å²) in [5, 5.41) is 1.87. The van der Waals surface area contributed by atoms with Crippen molar-refractivity contribution in [3.63, 3.8) is 0 Å². The molecule has 1 aromatic carbocycles. The van der Waals surface area contributed by atoms with E-state index >= 15 is 0 Å². The van der Waals surface area contributed by atoms with Gasteiger partial charge in [-0.25, -0.2) is 0 Å². The van der Waals surface area contributed by atoms with Crippen molar-refractivity contribution in [3.8, 4) is 0 Å². The fraction of sp³-hybridized carbons (Fsp3) is 0.364. The lowest BCUT2D eigenvalue weighted by molar-refractivity contribution is -0.119. The SMILES string of the molecule is CNC(=O)C(C)S(=O)c1cccc(C)c1N. The van der Waals surface area contributed by atoms with E-state index in [1.54, 1.807) is 19.1 Å². The van der Waals surface area contributed by atoms with Crippen LogP contribution in [0.2, 0.25) is 0 Å². The fourth-order valence-corrected chi connectivity index (χ4v) is 2.60. The predicted molar refractivity (Wildman–Crippen MR) is 65.5 cm³/mol. The molecule has 0 saturated carbocycles. The van der Waals surface area contributed by atoms with Crippen LogP contribution in [-0.2, 0) is 15.6 Å². The Bertz CT molecular complexity index is 432. The van der Waals surface area contributed by atoms with Gasteiger partial charge >= 0.3 is 0 Å². The van der Waals surface area contributed by atoms with E-state index in [4.69, 9.17) is 5.73 Å². The summed E-state index contributed by atoms with van der Waals surface area (Å²) in [6.45, 7) is 3.47. The second kappa shape index (κ2) is 5.12. The largest absolute Gasteiger partial charge is 0.398 e. The number of amides is 1. The van der Waals surface area contributed by atoms with Crippen LogP contribution in [0.4, 0.5) is 5.69 Å². The Morgan fingerprint density at radius 3 is 2.69 bits per heavy atom. The molecule has 0 spiro atoms. The van der Waals surface area contributed by atoms with Crippen molar-refractivity contribution in [1.29, 1.82) is 0 Å². The Labute approximate surface area is 97.7 Å². The van der Waals surface area contributed by atoms with Crippen LogP contribution in [0, 0.1) is 6.92 Å². The van der Waals surface area contributed by atoms with Crippen LogP contribution in [0.25, 0.3) is 0 Å². The number of nitrogens with one attached hydrogen (secondary N) is 1. The van der Waals surface area contributed by atoms with Crippen LogP contribution in [-0.4, -0.2) is 22.4 Å². The molecule has 1 aromatic rings. The van der Waals surface area contributed by atoms with E-state index in [1.807, 2.05) is 13.0 Å². The van der Waals surface area contributed by atoms with E-state index in [0.717, 1.165) is 5.56 Å². The maximum Gasteiger partial charge on any atom is 0.235 e. The Balaban J connectivity index is 3.06. The van der Waals surface area contributed by atoms with Crippen molar-refractivity contribution >= 4 is 22.4 Å². The number of aryl methyl sites for hydroxylation is 1. The van der Waals surface area contributed by atoms with Crippen molar-refractivity contribution in [1.82, 2.24) is 5.32 Å². The standard InChI is InChI=1S/C11H16N2O2S/c1-7-5-4-6-9(10(7)12)16(15)8(2)11(14)13-3/h4-6,8H,12H2,1-3H3,(H,13,14). The predicted octanol–water partition coefficient (Wildman–Crippen LogP) is 0.819. The maximum atomic E-state index is 12.1. The molecule has 0 radical (unpaired) electrons. The van der Waals surface area contributed by atoms with E-state index in [2.05, 4.69) is 5.32 Å². The number of anilines is 1. The van der Waals surface area contributed by atoms with Crippen LogP contribution < -0.4 is 11.1 Å². The number of hydrogen-bond donors (Lipinski definition) is 2. The molecule has 0 saturated heterocycles. The van der Waals surface area contributed by atoms with Gasteiger partial charge in [-0.1, -0.05) is 12.1 Å². The van der Waals surface area contributed by atoms with Gasteiger partial charge in [0.2, 0.25) is 5.91 Å². The number of benzene rings is 1. The summed E-state index contributed by atoms with van der Waals surface area (Å²) in [7, 11) is 0.106. The lowest BCUT2D eigenvalue weighted by Gasteiger charge is -2.12. The van der Waals surface area contributed by atoms with E-state index < -0.39 is 16.0 Å². The Kier molecular flexibility index (Phi) is 4.06. The molecule has 88 valence electrons. The van der Waals surface area contributed by atoms with Gasteiger partial charge in [0.1, 0.15) is 5.25 Å². The summed E-state index contributed by atoms with van der Waals surface area (Å²) >= 11 is 0. The summed E-state index contributed by atoms with van der Waals surface area (Å²) in [5.41, 5.74) is 7.21. The molecule has 5 heteroatoms. The van der Waals surface area contributed by atoms with Crippen LogP contribution >= 0.6 is 0 Å². The molecule has 3 N–H and O–H groups in total. The first-order valence-corrected chi connectivity index (χ1v) is 6.17. The minimum absolute atomic E-state index is 0.251. The zero-order valence-electron chi connectivity index (χ0n) is 9.61. The minimum atomic E-state index is -1.42. The van der Waals surface area contributed by atoms with Crippen molar-refractivity contribution in [2.24, 2.45) is 0 Å². The van der Waals surface area contributed by atoms with E-state index in [9.17, 15) is 9.00 Å². The second-order valence-corrected chi connectivity index (χ2v) is 5.28. The molecule has 0 aliphatic rings. The normalized spacial score (nSPS) is 14.2. The third-order valence-electron chi connectivity index (χ3n) is 2.44. The topological polar surface area (TPSA) is 72.2 Å². The zero-order chi connectivity index (χ0) is 12.3. The highest BCUT2D eigenvalue weighted by atomic mass is 32.2. The summed E-state index contributed by atoms with van der Waals surface area (Å²) in [6, 6.07) is 5.33.